The summed E-state index contributed by atoms with van der Waals surface area (Å²) in [5.74, 6) is -0.861. The second-order valence-corrected chi connectivity index (χ2v) is 3.86. The van der Waals surface area contributed by atoms with Gasteiger partial charge in [0.1, 0.15) is 5.75 Å². The van der Waals surface area contributed by atoms with Crippen molar-refractivity contribution in [1.82, 2.24) is 0 Å². The van der Waals surface area contributed by atoms with Crippen molar-refractivity contribution in [1.29, 1.82) is 0 Å². The van der Waals surface area contributed by atoms with E-state index >= 15 is 0 Å². The van der Waals surface area contributed by atoms with E-state index in [9.17, 15) is 9.59 Å². The van der Waals surface area contributed by atoms with Crippen LogP contribution < -0.4 is 4.74 Å². The fraction of sp³-hybridized carbons (Fsp3) is 0.429. The van der Waals surface area contributed by atoms with Crippen molar-refractivity contribution in [3.63, 3.8) is 0 Å². The molecular weight excluding hydrogens is 248 g/mol. The lowest BCUT2D eigenvalue weighted by Crippen LogP contribution is -2.18. The van der Waals surface area contributed by atoms with Gasteiger partial charge in [-0.05, 0) is 24.6 Å². The van der Waals surface area contributed by atoms with E-state index in [2.05, 4.69) is 4.74 Å². The molecule has 0 N–H and O–H groups in total. The Bertz CT molecular complexity index is 424. The molecule has 0 saturated carbocycles. The van der Waals surface area contributed by atoms with Gasteiger partial charge >= 0.3 is 11.9 Å². The van der Waals surface area contributed by atoms with Crippen LogP contribution in [0.3, 0.4) is 0 Å². The molecule has 0 aromatic heterocycles. The summed E-state index contributed by atoms with van der Waals surface area (Å²) < 4.78 is 14.6. The highest BCUT2D eigenvalue weighted by Gasteiger charge is 2.25. The van der Waals surface area contributed by atoms with E-state index in [1.54, 1.807) is 24.3 Å². The first-order chi connectivity index (χ1) is 9.12. The van der Waals surface area contributed by atoms with Crippen LogP contribution in [0, 0.1) is 0 Å². The molecule has 1 rings (SSSR count). The Hall–Kier alpha value is -2.04. The first-order valence-corrected chi connectivity index (χ1v) is 5.99. The summed E-state index contributed by atoms with van der Waals surface area (Å²) in [6.45, 7) is 2.46. The first kappa shape index (κ1) is 15.0. The van der Waals surface area contributed by atoms with Crippen LogP contribution in [0.4, 0.5) is 0 Å². The van der Waals surface area contributed by atoms with Gasteiger partial charge in [0.2, 0.25) is 0 Å². The molecule has 104 valence electrons. The van der Waals surface area contributed by atoms with Gasteiger partial charge in [0.15, 0.2) is 0 Å². The minimum atomic E-state index is -0.659. The standard InChI is InChI=1S/C14H18O5/c1-4-19-11-7-5-10(6-8-11)12(14(16)18-3)9-13(15)17-2/h5-8,12H,4,9H2,1-3H3. The van der Waals surface area contributed by atoms with Gasteiger partial charge in [-0.3, -0.25) is 9.59 Å². The molecule has 19 heavy (non-hydrogen) atoms. The molecule has 5 nitrogen and oxygen atoms in total. The maximum absolute atomic E-state index is 11.7. The molecule has 0 aliphatic carbocycles. The van der Waals surface area contributed by atoms with Crippen molar-refractivity contribution in [2.24, 2.45) is 0 Å². The van der Waals surface area contributed by atoms with Crippen LogP contribution in [0.5, 0.6) is 5.75 Å². The third-order valence-corrected chi connectivity index (χ3v) is 2.68. The van der Waals surface area contributed by atoms with Crippen molar-refractivity contribution < 1.29 is 23.8 Å². The van der Waals surface area contributed by atoms with Crippen LogP contribution in [0.1, 0.15) is 24.8 Å². The number of ether oxygens (including phenoxy) is 3. The number of carbonyl (C=O) groups is 2. The Balaban J connectivity index is 2.90. The van der Waals surface area contributed by atoms with Crippen LogP contribution >= 0.6 is 0 Å². The van der Waals surface area contributed by atoms with Gasteiger partial charge in [0.05, 0.1) is 33.2 Å². The predicted octanol–water partition coefficient (Wildman–Crippen LogP) is 1.90. The van der Waals surface area contributed by atoms with Gasteiger partial charge in [-0.15, -0.1) is 0 Å². The summed E-state index contributed by atoms with van der Waals surface area (Å²) in [5.41, 5.74) is 0.695. The Morgan fingerprint density at radius 2 is 1.74 bits per heavy atom. The highest BCUT2D eigenvalue weighted by atomic mass is 16.5. The number of esters is 2. The molecule has 1 aromatic rings. The number of methoxy groups -OCH3 is 2. The SMILES string of the molecule is CCOc1ccc(C(CC(=O)OC)C(=O)OC)cc1. The van der Waals surface area contributed by atoms with Crippen molar-refractivity contribution in [3.8, 4) is 5.75 Å². The van der Waals surface area contributed by atoms with Crippen LogP contribution in [-0.4, -0.2) is 32.8 Å². The van der Waals surface area contributed by atoms with Crippen LogP contribution in [0.2, 0.25) is 0 Å². The number of benzene rings is 1. The molecule has 0 radical (unpaired) electrons. The second-order valence-electron chi connectivity index (χ2n) is 3.86. The lowest BCUT2D eigenvalue weighted by atomic mass is 9.96. The van der Waals surface area contributed by atoms with Crippen molar-refractivity contribution in [3.05, 3.63) is 29.8 Å². The topological polar surface area (TPSA) is 61.8 Å². The monoisotopic (exact) mass is 266 g/mol. The van der Waals surface area contributed by atoms with Gasteiger partial charge in [0.25, 0.3) is 0 Å². The number of hydrogen-bond donors (Lipinski definition) is 0. The van der Waals surface area contributed by atoms with Crippen molar-refractivity contribution in [2.75, 3.05) is 20.8 Å². The zero-order chi connectivity index (χ0) is 14.3. The molecule has 1 aromatic carbocycles. The third-order valence-electron chi connectivity index (χ3n) is 2.68. The van der Waals surface area contributed by atoms with E-state index in [1.165, 1.54) is 14.2 Å². The summed E-state index contributed by atoms with van der Waals surface area (Å²) in [5, 5.41) is 0. The van der Waals surface area contributed by atoms with Gasteiger partial charge in [-0.2, -0.15) is 0 Å². The largest absolute Gasteiger partial charge is 0.494 e. The van der Waals surface area contributed by atoms with Crippen LogP contribution in [-0.2, 0) is 19.1 Å². The number of carbonyl (C=O) groups excluding carboxylic acids is 2. The fourth-order valence-corrected chi connectivity index (χ4v) is 1.69. The molecule has 1 unspecified atom stereocenters. The molecule has 0 bridgehead atoms. The van der Waals surface area contributed by atoms with E-state index in [4.69, 9.17) is 9.47 Å². The highest BCUT2D eigenvalue weighted by molar-refractivity contribution is 5.84. The Morgan fingerprint density at radius 3 is 2.21 bits per heavy atom. The minimum absolute atomic E-state index is 0.0445. The van der Waals surface area contributed by atoms with Crippen molar-refractivity contribution in [2.45, 2.75) is 19.3 Å². The average Bonchev–Trinajstić information content (AvgIpc) is 2.45. The van der Waals surface area contributed by atoms with E-state index in [0.29, 0.717) is 17.9 Å². The zero-order valence-corrected chi connectivity index (χ0v) is 11.3. The van der Waals surface area contributed by atoms with Crippen LogP contribution in [0.25, 0.3) is 0 Å². The Morgan fingerprint density at radius 1 is 1.11 bits per heavy atom. The van der Waals surface area contributed by atoms with Gasteiger partial charge in [0, 0.05) is 0 Å². The van der Waals surface area contributed by atoms with E-state index in [0.717, 1.165) is 0 Å². The molecular formula is C14H18O5. The Labute approximate surface area is 112 Å². The predicted molar refractivity (Wildman–Crippen MR) is 69.0 cm³/mol. The highest BCUT2D eigenvalue weighted by Crippen LogP contribution is 2.24. The normalized spacial score (nSPS) is 11.5. The first-order valence-electron chi connectivity index (χ1n) is 5.99. The minimum Gasteiger partial charge on any atom is -0.494 e. The zero-order valence-electron chi connectivity index (χ0n) is 11.3. The summed E-state index contributed by atoms with van der Waals surface area (Å²) in [7, 11) is 2.58. The lowest BCUT2D eigenvalue weighted by molar-refractivity contribution is -0.149. The maximum atomic E-state index is 11.7. The Kier molecular flexibility index (Phi) is 5.85. The van der Waals surface area contributed by atoms with E-state index in [1.807, 2.05) is 6.92 Å². The smallest absolute Gasteiger partial charge is 0.313 e. The average molecular weight is 266 g/mol. The van der Waals surface area contributed by atoms with E-state index < -0.39 is 17.9 Å². The van der Waals surface area contributed by atoms with Gasteiger partial charge in [-0.25, -0.2) is 0 Å². The van der Waals surface area contributed by atoms with Gasteiger partial charge in [-0.1, -0.05) is 12.1 Å². The molecule has 0 aliphatic rings. The summed E-state index contributed by atoms with van der Waals surface area (Å²) in [4.78, 5) is 23.0. The van der Waals surface area contributed by atoms with E-state index in [-0.39, 0.29) is 6.42 Å². The second kappa shape index (κ2) is 7.41. The molecule has 5 heteroatoms. The summed E-state index contributed by atoms with van der Waals surface area (Å²) in [6, 6.07) is 7.00. The molecule has 0 amide bonds. The fourth-order valence-electron chi connectivity index (χ4n) is 1.69. The van der Waals surface area contributed by atoms with Crippen LogP contribution in [0.15, 0.2) is 24.3 Å². The van der Waals surface area contributed by atoms with Crippen molar-refractivity contribution >= 4 is 11.9 Å². The maximum Gasteiger partial charge on any atom is 0.313 e. The molecule has 0 heterocycles. The quantitative estimate of drug-likeness (QED) is 0.736. The lowest BCUT2D eigenvalue weighted by Gasteiger charge is -2.14. The third kappa shape index (κ3) is 4.28. The number of hydrogen-bond acceptors (Lipinski definition) is 5. The molecule has 0 fully saturated rings. The summed E-state index contributed by atoms with van der Waals surface area (Å²) in [6.07, 6.45) is -0.0445. The molecule has 0 saturated heterocycles. The molecule has 0 spiro atoms. The van der Waals surface area contributed by atoms with Gasteiger partial charge < -0.3 is 14.2 Å². The summed E-state index contributed by atoms with van der Waals surface area (Å²) >= 11 is 0. The number of rotatable bonds is 6. The molecule has 1 atom stereocenters. The molecule has 0 aliphatic heterocycles.